The topological polar surface area (TPSA) is 42.9 Å². The number of para-hydroxylation sites is 5. The van der Waals surface area contributed by atoms with Crippen molar-refractivity contribution in [2.45, 2.75) is 0 Å². The molecule has 0 amide bonds. The van der Waals surface area contributed by atoms with Gasteiger partial charge in [-0.2, -0.15) is 5.26 Å². The van der Waals surface area contributed by atoms with Gasteiger partial charge in [-0.15, -0.1) is 11.3 Å². The smallest absolute Gasteiger partial charge is 0.250 e. The zero-order valence-electron chi connectivity index (χ0n) is 30.1. The van der Waals surface area contributed by atoms with Crippen LogP contribution in [0.4, 0.5) is 5.69 Å². The predicted octanol–water partition coefficient (Wildman–Crippen LogP) is 10.9. The normalized spacial score (nSPS) is 12.8. The van der Waals surface area contributed by atoms with Crippen molar-refractivity contribution in [2.24, 2.45) is 0 Å². The van der Waals surface area contributed by atoms with Crippen molar-refractivity contribution in [1.29, 1.82) is 5.26 Å². The van der Waals surface area contributed by atoms with E-state index in [1.54, 1.807) is 11.3 Å². The first-order chi connectivity index (χ1) is 28.2. The van der Waals surface area contributed by atoms with Crippen LogP contribution in [-0.2, 0) is 0 Å². The largest absolute Gasteiger partial charge is 0.320 e. The van der Waals surface area contributed by atoms with Gasteiger partial charge in [0.15, 0.2) is 0 Å². The Balaban J connectivity index is 1.28. The van der Waals surface area contributed by atoms with Gasteiger partial charge in [-0.25, -0.2) is 4.85 Å². The second-order valence-electron chi connectivity index (χ2n) is 15.3. The van der Waals surface area contributed by atoms with Gasteiger partial charge in [0, 0.05) is 63.5 Å². The third-order valence-electron chi connectivity index (χ3n) is 12.9. The Hall–Kier alpha value is -7.58. The molecule has 2 aliphatic rings. The van der Waals surface area contributed by atoms with Crippen LogP contribution in [0.2, 0.25) is 0 Å². The van der Waals surface area contributed by atoms with Crippen LogP contribution in [0, 0.1) is 17.9 Å². The zero-order valence-corrected chi connectivity index (χ0v) is 30.9. The Morgan fingerprint density at radius 3 is 1.67 bits per heavy atom. The molecule has 0 radical (unpaired) electrons. The molecule has 6 heterocycles. The first-order valence-electron chi connectivity index (χ1n) is 19.2. The lowest BCUT2D eigenvalue weighted by molar-refractivity contribution is 1.10. The molecule has 0 fully saturated rings. The van der Waals surface area contributed by atoms with Crippen LogP contribution in [0.15, 0.2) is 146 Å². The Labute approximate surface area is 328 Å². The number of benzene rings is 8. The van der Waals surface area contributed by atoms with Crippen molar-refractivity contribution < 1.29 is 0 Å². The van der Waals surface area contributed by atoms with Crippen molar-refractivity contribution in [3.63, 3.8) is 0 Å². The van der Waals surface area contributed by atoms with E-state index in [1.165, 1.54) is 36.5 Å². The minimum atomic E-state index is -0.187. The summed E-state index contributed by atoms with van der Waals surface area (Å²) in [7, 11) is 0. The van der Waals surface area contributed by atoms with Gasteiger partial charge >= 0.3 is 0 Å². The van der Waals surface area contributed by atoms with Crippen LogP contribution in [0.1, 0.15) is 5.56 Å². The van der Waals surface area contributed by atoms with Gasteiger partial charge in [0.1, 0.15) is 6.07 Å². The maximum absolute atomic E-state index is 11.8. The highest BCUT2D eigenvalue weighted by Gasteiger charge is 2.44. The highest BCUT2D eigenvalue weighted by atomic mass is 32.1. The van der Waals surface area contributed by atoms with Crippen molar-refractivity contribution in [1.82, 2.24) is 13.7 Å². The number of rotatable bonds is 1. The third kappa shape index (κ3) is 3.35. The molecule has 0 spiro atoms. The molecule has 0 aliphatic carbocycles. The van der Waals surface area contributed by atoms with E-state index >= 15 is 0 Å². The molecule has 14 rings (SSSR count). The van der Waals surface area contributed by atoms with Crippen LogP contribution >= 0.6 is 11.3 Å². The molecule has 0 bridgehead atoms. The molecular formula is C50H24BN5S. The van der Waals surface area contributed by atoms with E-state index in [9.17, 15) is 11.8 Å². The van der Waals surface area contributed by atoms with Gasteiger partial charge in [-0.3, -0.25) is 0 Å². The second kappa shape index (κ2) is 10.2. The Morgan fingerprint density at radius 1 is 0.491 bits per heavy atom. The van der Waals surface area contributed by atoms with Crippen LogP contribution in [0.25, 0.3) is 107 Å². The van der Waals surface area contributed by atoms with Crippen molar-refractivity contribution >= 4 is 126 Å². The van der Waals surface area contributed by atoms with Crippen molar-refractivity contribution in [3.8, 4) is 23.1 Å². The summed E-state index contributed by atoms with van der Waals surface area (Å²) in [5.74, 6) is 0. The second-order valence-corrected chi connectivity index (χ2v) is 16.4. The standard InChI is InChI=1S/C50H24BN5S/c1-53-45-49(54-38-20-6-4-14-29(38)33-25-43-34(24-41(33)54)30-15-5-9-23-42(30)57-43)35(26-52)48-44-50(45)56-40-22-8-3-13-28(40)32-17-11-19-37(47(32)56)51(44)36-18-10-16-31-27-12-2-7-21-39(27)55(48)46(31)36/h2-25H. The minimum Gasteiger partial charge on any atom is -0.320 e. The maximum atomic E-state index is 11.8. The Bertz CT molecular complexity index is 3810. The summed E-state index contributed by atoms with van der Waals surface area (Å²) in [6, 6.07) is 54.9. The van der Waals surface area contributed by atoms with Crippen LogP contribution in [0.3, 0.4) is 0 Å². The van der Waals surface area contributed by atoms with E-state index in [0.29, 0.717) is 16.9 Å². The van der Waals surface area contributed by atoms with Gasteiger partial charge in [0.2, 0.25) is 5.69 Å². The summed E-state index contributed by atoms with van der Waals surface area (Å²) in [5.41, 5.74) is 13.0. The molecule has 57 heavy (non-hydrogen) atoms. The SMILES string of the molecule is [C-]#[N+]c1c(-n2c3ccccc3c3cc4sc5ccccc5c4cc32)c(C#N)c2c3c1-n1c4ccccc4c4cccc(c41)B3c1cccc3c4ccccc4n-2c13. The summed E-state index contributed by atoms with van der Waals surface area (Å²) in [6.45, 7) is 9.03. The van der Waals surface area contributed by atoms with Gasteiger partial charge in [0.05, 0.1) is 51.3 Å². The number of hydrogen-bond donors (Lipinski definition) is 0. The van der Waals surface area contributed by atoms with E-state index in [4.69, 9.17) is 0 Å². The molecule has 0 N–H and O–H groups in total. The number of aromatic nitrogens is 3. The Morgan fingerprint density at radius 2 is 1.04 bits per heavy atom. The lowest BCUT2D eigenvalue weighted by Crippen LogP contribution is -2.59. The quantitative estimate of drug-likeness (QED) is 0.122. The highest BCUT2D eigenvalue weighted by Crippen LogP contribution is 2.49. The van der Waals surface area contributed by atoms with E-state index < -0.39 is 0 Å². The van der Waals surface area contributed by atoms with Gasteiger partial charge in [-0.1, -0.05) is 109 Å². The zero-order chi connectivity index (χ0) is 37.3. The lowest BCUT2D eigenvalue weighted by Gasteiger charge is -2.36. The summed E-state index contributed by atoms with van der Waals surface area (Å²) in [6.07, 6.45) is 0. The molecule has 0 atom stereocenters. The summed E-state index contributed by atoms with van der Waals surface area (Å²) < 4.78 is 9.39. The van der Waals surface area contributed by atoms with Gasteiger partial charge in [0.25, 0.3) is 6.71 Å². The fourth-order valence-corrected chi connectivity index (χ4v) is 11.9. The summed E-state index contributed by atoms with van der Waals surface area (Å²) in [5, 5.41) is 21.0. The number of fused-ring (bicyclic) bond motifs is 16. The molecule has 8 aromatic carbocycles. The molecule has 0 unspecified atom stereocenters. The molecule has 4 aromatic heterocycles. The fourth-order valence-electron chi connectivity index (χ4n) is 10.8. The lowest BCUT2D eigenvalue weighted by atomic mass is 9.34. The number of thiophene rings is 1. The van der Waals surface area contributed by atoms with Crippen LogP contribution in [-0.4, -0.2) is 20.4 Å². The molecule has 0 saturated heterocycles. The van der Waals surface area contributed by atoms with E-state index in [2.05, 4.69) is 170 Å². The number of nitriles is 1. The van der Waals surface area contributed by atoms with Crippen LogP contribution in [0.5, 0.6) is 0 Å². The van der Waals surface area contributed by atoms with E-state index in [0.717, 1.165) is 76.9 Å². The first kappa shape index (κ1) is 29.7. The van der Waals surface area contributed by atoms with E-state index in [1.807, 2.05) is 0 Å². The average Bonchev–Trinajstić information content (AvgIpc) is 3.99. The Kier molecular flexibility index (Phi) is 5.31. The van der Waals surface area contributed by atoms with Gasteiger partial charge in [-0.05, 0) is 52.8 Å². The molecule has 5 nitrogen and oxygen atoms in total. The monoisotopic (exact) mass is 737 g/mol. The molecule has 12 aromatic rings. The minimum absolute atomic E-state index is 0.187. The fraction of sp³-hybridized carbons (Fsp3) is 0. The maximum Gasteiger partial charge on any atom is 0.250 e. The summed E-state index contributed by atoms with van der Waals surface area (Å²) >= 11 is 1.81. The molecular weight excluding hydrogens is 713 g/mol. The predicted molar refractivity (Wildman–Crippen MR) is 238 cm³/mol. The third-order valence-corrected chi connectivity index (χ3v) is 14.0. The van der Waals surface area contributed by atoms with Crippen molar-refractivity contribution in [2.75, 3.05) is 0 Å². The molecule has 7 heteroatoms. The number of nitrogens with zero attached hydrogens (tertiary/aromatic N) is 5. The van der Waals surface area contributed by atoms with Gasteiger partial charge < -0.3 is 13.7 Å². The van der Waals surface area contributed by atoms with Crippen LogP contribution < -0.4 is 16.4 Å². The summed E-state index contributed by atoms with van der Waals surface area (Å²) in [4.78, 5) is 4.55. The van der Waals surface area contributed by atoms with E-state index in [-0.39, 0.29) is 6.71 Å². The molecule has 2 aliphatic heterocycles. The average molecular weight is 738 g/mol. The highest BCUT2D eigenvalue weighted by molar-refractivity contribution is 7.25. The first-order valence-corrected chi connectivity index (χ1v) is 20.0. The number of hydrogen-bond acceptors (Lipinski definition) is 2. The van der Waals surface area contributed by atoms with Crippen molar-refractivity contribution in [3.05, 3.63) is 163 Å². The molecule has 258 valence electrons. The molecule has 0 saturated carbocycles.